The number of hydrogen-bond donors (Lipinski definition) is 2. The second kappa shape index (κ2) is 5.31. The van der Waals surface area contributed by atoms with Crippen molar-refractivity contribution in [2.45, 2.75) is 52.7 Å². The largest absolute Gasteiger partial charge is 0.392 e. The van der Waals surface area contributed by atoms with Crippen LogP contribution in [0, 0.1) is 11.3 Å². The predicted molar refractivity (Wildman–Crippen MR) is 76.6 cm³/mol. The first-order valence-electron chi connectivity index (χ1n) is 6.97. The van der Waals surface area contributed by atoms with Crippen LogP contribution in [0.2, 0.25) is 0 Å². The molecule has 1 saturated carbocycles. The molecule has 2 unspecified atom stereocenters. The molecule has 2 heteroatoms. The number of para-hydroxylation sites is 1. The van der Waals surface area contributed by atoms with Crippen LogP contribution in [0.1, 0.15) is 45.6 Å². The van der Waals surface area contributed by atoms with E-state index in [1.54, 1.807) is 0 Å². The van der Waals surface area contributed by atoms with Crippen LogP contribution in [0.3, 0.4) is 0 Å². The molecule has 1 aromatic rings. The number of aliphatic hydroxyl groups excluding tert-OH is 1. The van der Waals surface area contributed by atoms with Crippen LogP contribution < -0.4 is 5.32 Å². The van der Waals surface area contributed by atoms with Crippen molar-refractivity contribution >= 4 is 5.69 Å². The highest BCUT2D eigenvalue weighted by molar-refractivity contribution is 5.51. The lowest BCUT2D eigenvalue weighted by atomic mass is 9.70. The third-order valence-electron chi connectivity index (χ3n) is 4.22. The zero-order valence-corrected chi connectivity index (χ0v) is 11.7. The summed E-state index contributed by atoms with van der Waals surface area (Å²) >= 11 is 0. The minimum Gasteiger partial charge on any atom is -0.392 e. The third kappa shape index (κ3) is 3.05. The fourth-order valence-electron chi connectivity index (χ4n) is 3.16. The Morgan fingerprint density at radius 3 is 2.72 bits per heavy atom. The first kappa shape index (κ1) is 13.4. The van der Waals surface area contributed by atoms with Crippen molar-refractivity contribution in [1.29, 1.82) is 0 Å². The summed E-state index contributed by atoms with van der Waals surface area (Å²) in [5.74, 6) is 0.681. The van der Waals surface area contributed by atoms with E-state index in [-0.39, 0.29) is 6.61 Å². The van der Waals surface area contributed by atoms with Gasteiger partial charge < -0.3 is 10.4 Å². The molecule has 0 radical (unpaired) electrons. The lowest BCUT2D eigenvalue weighted by Crippen LogP contribution is -2.37. The maximum absolute atomic E-state index is 9.36. The van der Waals surface area contributed by atoms with Crippen LogP contribution in [0.5, 0.6) is 0 Å². The highest BCUT2D eigenvalue weighted by Gasteiger charge is 2.32. The molecule has 2 N–H and O–H groups in total. The van der Waals surface area contributed by atoms with Gasteiger partial charge in [-0.3, -0.25) is 0 Å². The van der Waals surface area contributed by atoms with Gasteiger partial charge in [0.15, 0.2) is 0 Å². The Morgan fingerprint density at radius 1 is 1.33 bits per heavy atom. The monoisotopic (exact) mass is 247 g/mol. The fourth-order valence-corrected chi connectivity index (χ4v) is 3.16. The third-order valence-corrected chi connectivity index (χ3v) is 4.22. The number of aliphatic hydroxyl groups is 1. The molecule has 0 saturated heterocycles. The maximum atomic E-state index is 9.36. The fraction of sp³-hybridized carbons (Fsp3) is 0.625. The van der Waals surface area contributed by atoms with Gasteiger partial charge in [-0.25, -0.2) is 0 Å². The van der Waals surface area contributed by atoms with Crippen molar-refractivity contribution in [2.24, 2.45) is 11.3 Å². The van der Waals surface area contributed by atoms with Crippen LogP contribution in [0.25, 0.3) is 0 Å². The normalized spacial score (nSPS) is 26.9. The Morgan fingerprint density at radius 2 is 2.06 bits per heavy atom. The molecular weight excluding hydrogens is 222 g/mol. The van der Waals surface area contributed by atoms with Crippen LogP contribution in [0.15, 0.2) is 24.3 Å². The molecule has 1 aliphatic carbocycles. The molecular formula is C16H25NO. The molecule has 100 valence electrons. The molecule has 0 amide bonds. The molecule has 2 atom stereocenters. The minimum absolute atomic E-state index is 0.107. The van der Waals surface area contributed by atoms with E-state index in [0.717, 1.165) is 11.3 Å². The number of hydrogen-bond acceptors (Lipinski definition) is 2. The summed E-state index contributed by atoms with van der Waals surface area (Å²) < 4.78 is 0. The van der Waals surface area contributed by atoms with Crippen molar-refractivity contribution in [2.75, 3.05) is 5.32 Å². The van der Waals surface area contributed by atoms with E-state index in [9.17, 15) is 5.11 Å². The van der Waals surface area contributed by atoms with Crippen LogP contribution in [0.4, 0.5) is 5.69 Å². The van der Waals surface area contributed by atoms with Gasteiger partial charge in [0.05, 0.1) is 6.61 Å². The maximum Gasteiger partial charge on any atom is 0.0701 e. The topological polar surface area (TPSA) is 32.3 Å². The van der Waals surface area contributed by atoms with E-state index < -0.39 is 0 Å². The average molecular weight is 247 g/mol. The molecule has 0 aromatic heterocycles. The summed E-state index contributed by atoms with van der Waals surface area (Å²) in [4.78, 5) is 0. The molecule has 1 aromatic carbocycles. The first-order valence-corrected chi connectivity index (χ1v) is 6.97. The SMILES string of the molecule is CC1CC(C)(C)CCC1Nc1ccccc1CO. The van der Waals surface area contributed by atoms with Crippen molar-refractivity contribution in [3.05, 3.63) is 29.8 Å². The van der Waals surface area contributed by atoms with Crippen LogP contribution in [-0.2, 0) is 6.61 Å². The van der Waals surface area contributed by atoms with E-state index in [1.165, 1.54) is 19.3 Å². The second-order valence-corrected chi connectivity index (χ2v) is 6.45. The van der Waals surface area contributed by atoms with Crippen molar-refractivity contribution in [3.8, 4) is 0 Å². The van der Waals surface area contributed by atoms with Crippen molar-refractivity contribution < 1.29 is 5.11 Å². The summed E-state index contributed by atoms with van der Waals surface area (Å²) in [6, 6.07) is 8.59. The van der Waals surface area contributed by atoms with Crippen LogP contribution in [-0.4, -0.2) is 11.1 Å². The summed E-state index contributed by atoms with van der Waals surface area (Å²) in [6.45, 7) is 7.17. The molecule has 1 fully saturated rings. The lowest BCUT2D eigenvalue weighted by molar-refractivity contribution is 0.177. The van der Waals surface area contributed by atoms with Crippen molar-refractivity contribution in [1.82, 2.24) is 0 Å². The highest BCUT2D eigenvalue weighted by Crippen LogP contribution is 2.39. The molecule has 0 aliphatic heterocycles. The van der Waals surface area contributed by atoms with Gasteiger partial charge >= 0.3 is 0 Å². The molecule has 2 nitrogen and oxygen atoms in total. The second-order valence-electron chi connectivity index (χ2n) is 6.45. The Balaban J connectivity index is 2.06. The zero-order valence-electron chi connectivity index (χ0n) is 11.7. The number of nitrogens with one attached hydrogen (secondary N) is 1. The molecule has 0 bridgehead atoms. The Kier molecular flexibility index (Phi) is 3.96. The molecule has 18 heavy (non-hydrogen) atoms. The molecule has 2 rings (SSSR count). The molecule has 0 spiro atoms. The van der Waals surface area contributed by atoms with Gasteiger partial charge in [-0.05, 0) is 36.7 Å². The van der Waals surface area contributed by atoms with E-state index in [4.69, 9.17) is 0 Å². The number of anilines is 1. The van der Waals surface area contributed by atoms with Gasteiger partial charge in [-0.15, -0.1) is 0 Å². The zero-order chi connectivity index (χ0) is 13.2. The van der Waals surface area contributed by atoms with Gasteiger partial charge in [0.25, 0.3) is 0 Å². The Bertz CT molecular complexity index is 400. The minimum atomic E-state index is 0.107. The standard InChI is InChI=1S/C16H25NO/c1-12-10-16(2,3)9-8-14(12)17-15-7-5-4-6-13(15)11-18/h4-7,12,14,17-18H,8-11H2,1-3H3. The van der Waals surface area contributed by atoms with Gasteiger partial charge in [0.2, 0.25) is 0 Å². The Hall–Kier alpha value is -1.02. The number of rotatable bonds is 3. The van der Waals surface area contributed by atoms with Gasteiger partial charge in [0, 0.05) is 17.3 Å². The number of benzene rings is 1. The predicted octanol–water partition coefficient (Wildman–Crippen LogP) is 3.81. The van der Waals surface area contributed by atoms with Gasteiger partial charge in [-0.1, -0.05) is 39.0 Å². The van der Waals surface area contributed by atoms with E-state index in [2.05, 4.69) is 32.2 Å². The summed E-state index contributed by atoms with van der Waals surface area (Å²) in [5.41, 5.74) is 2.57. The van der Waals surface area contributed by atoms with Gasteiger partial charge in [0.1, 0.15) is 0 Å². The van der Waals surface area contributed by atoms with E-state index in [0.29, 0.717) is 17.4 Å². The van der Waals surface area contributed by atoms with E-state index >= 15 is 0 Å². The quantitative estimate of drug-likeness (QED) is 0.851. The summed E-state index contributed by atoms with van der Waals surface area (Å²) in [5, 5.41) is 13.0. The average Bonchev–Trinajstić information content (AvgIpc) is 2.33. The van der Waals surface area contributed by atoms with Crippen LogP contribution >= 0.6 is 0 Å². The summed E-state index contributed by atoms with van der Waals surface area (Å²) in [6.07, 6.45) is 3.76. The van der Waals surface area contributed by atoms with Gasteiger partial charge in [-0.2, -0.15) is 0 Å². The smallest absolute Gasteiger partial charge is 0.0701 e. The van der Waals surface area contributed by atoms with Crippen molar-refractivity contribution in [3.63, 3.8) is 0 Å². The first-order chi connectivity index (χ1) is 8.52. The summed E-state index contributed by atoms with van der Waals surface area (Å²) in [7, 11) is 0. The highest BCUT2D eigenvalue weighted by atomic mass is 16.3. The Labute approximate surface area is 110 Å². The molecule has 0 heterocycles. The lowest BCUT2D eigenvalue weighted by Gasteiger charge is -2.40. The molecule has 1 aliphatic rings. The van der Waals surface area contributed by atoms with E-state index in [1.807, 2.05) is 18.2 Å².